The normalized spacial score (nSPS) is 18.8. The van der Waals surface area contributed by atoms with E-state index in [1.165, 1.54) is 38.5 Å². The predicted molar refractivity (Wildman–Crippen MR) is 294 cm³/mol. The summed E-state index contributed by atoms with van der Waals surface area (Å²) in [6.45, 7) is 5.80. The van der Waals surface area contributed by atoms with Crippen molar-refractivity contribution in [2.75, 3.05) is 13.2 Å². The third-order valence-corrected chi connectivity index (χ3v) is 12.7. The molecule has 0 radical (unpaired) electrons. The van der Waals surface area contributed by atoms with E-state index in [4.69, 9.17) is 23.7 Å². The highest BCUT2D eigenvalue weighted by Crippen LogP contribution is 2.26. The van der Waals surface area contributed by atoms with Gasteiger partial charge >= 0.3 is 23.9 Å². The van der Waals surface area contributed by atoms with Crippen LogP contribution in [0, 0.1) is 0 Å². The second-order valence-corrected chi connectivity index (χ2v) is 19.6. The minimum absolute atomic E-state index is 0.0399. The first-order chi connectivity index (χ1) is 35.6. The lowest BCUT2D eigenvalue weighted by atomic mass is 9.98. The molecule has 0 spiro atoms. The minimum atomic E-state index is -1.91. The van der Waals surface area contributed by atoms with Crippen LogP contribution >= 0.6 is 0 Å². The first kappa shape index (κ1) is 67.2. The number of allylic oxidation sites excluding steroid dienone is 12. The molecule has 1 heterocycles. The van der Waals surface area contributed by atoms with Gasteiger partial charge < -0.3 is 39.0 Å². The molecule has 0 aromatic rings. The zero-order valence-corrected chi connectivity index (χ0v) is 45.9. The maximum absolute atomic E-state index is 13.1. The van der Waals surface area contributed by atoms with Crippen LogP contribution in [-0.2, 0) is 42.9 Å². The van der Waals surface area contributed by atoms with Crippen molar-refractivity contribution in [2.24, 2.45) is 0 Å². The number of aliphatic hydroxyl groups is 2. The minimum Gasteiger partial charge on any atom is -0.479 e. The highest BCUT2D eigenvalue weighted by atomic mass is 16.7. The van der Waals surface area contributed by atoms with Gasteiger partial charge in [0.25, 0.3) is 0 Å². The second-order valence-electron chi connectivity index (χ2n) is 19.6. The van der Waals surface area contributed by atoms with Crippen LogP contribution in [0.25, 0.3) is 0 Å². The molecule has 1 aliphatic rings. The summed E-state index contributed by atoms with van der Waals surface area (Å²) in [4.78, 5) is 51.0. The molecule has 0 aliphatic carbocycles. The maximum atomic E-state index is 13.1. The third kappa shape index (κ3) is 39.3. The lowest BCUT2D eigenvalue weighted by Crippen LogP contribution is -2.61. The number of aliphatic carboxylic acids is 1. The van der Waals surface area contributed by atoms with Crippen molar-refractivity contribution in [2.45, 2.75) is 276 Å². The monoisotopic (exact) mass is 1030 g/mol. The molecule has 0 saturated carbocycles. The number of rotatable bonds is 48. The molecule has 1 fully saturated rings. The van der Waals surface area contributed by atoms with Crippen LogP contribution in [0.1, 0.15) is 239 Å². The molecule has 0 aromatic carbocycles. The molecule has 1 aliphatic heterocycles. The highest BCUT2D eigenvalue weighted by Gasteiger charge is 2.50. The predicted octanol–water partition coefficient (Wildman–Crippen LogP) is 14.6. The van der Waals surface area contributed by atoms with Gasteiger partial charge in [0.15, 0.2) is 24.6 Å². The summed E-state index contributed by atoms with van der Waals surface area (Å²) in [5.41, 5.74) is 0. The van der Waals surface area contributed by atoms with Gasteiger partial charge in [-0.25, -0.2) is 4.79 Å². The SMILES string of the molecule is CCC/C=C\C/C=C\CCCCCCCC(=O)OC(COC(=O)CCCCCCCCC/C=C\C/C=C\CCCCC)COC1OC(C(=O)O)C(O)C(O)C1OC(=O)CCCCCCC/C=C\C/C=C\CCC. The van der Waals surface area contributed by atoms with E-state index in [0.717, 1.165) is 141 Å². The molecule has 1 saturated heterocycles. The molecule has 6 atom stereocenters. The number of esters is 3. The summed E-state index contributed by atoms with van der Waals surface area (Å²) in [5.74, 6) is -3.17. The fourth-order valence-corrected chi connectivity index (χ4v) is 8.24. The van der Waals surface area contributed by atoms with Gasteiger partial charge in [0, 0.05) is 19.3 Å². The van der Waals surface area contributed by atoms with Crippen molar-refractivity contribution in [1.29, 1.82) is 0 Å². The van der Waals surface area contributed by atoms with Crippen LogP contribution in [0.5, 0.6) is 0 Å². The Labute approximate surface area is 442 Å². The number of aliphatic hydroxyl groups excluding tert-OH is 2. The number of hydrogen-bond acceptors (Lipinski definition) is 11. The number of hydrogen-bond donors (Lipinski definition) is 3. The van der Waals surface area contributed by atoms with E-state index >= 15 is 0 Å². The molecular formula is C61H102O12. The molecule has 12 nitrogen and oxygen atoms in total. The Balaban J connectivity index is 2.71. The van der Waals surface area contributed by atoms with Gasteiger partial charge in [0.1, 0.15) is 18.8 Å². The van der Waals surface area contributed by atoms with E-state index < -0.39 is 67.3 Å². The van der Waals surface area contributed by atoms with Gasteiger partial charge in [-0.1, -0.05) is 190 Å². The van der Waals surface area contributed by atoms with E-state index in [2.05, 4.69) is 93.7 Å². The second kappa shape index (κ2) is 49.1. The van der Waals surface area contributed by atoms with Gasteiger partial charge in [-0.15, -0.1) is 0 Å². The lowest BCUT2D eigenvalue weighted by Gasteiger charge is -2.40. The van der Waals surface area contributed by atoms with E-state index in [1.54, 1.807) is 0 Å². The molecule has 1 rings (SSSR count). The average molecular weight is 1030 g/mol. The lowest BCUT2D eigenvalue weighted by molar-refractivity contribution is -0.301. The first-order valence-electron chi connectivity index (χ1n) is 28.9. The Morgan fingerprint density at radius 1 is 0.452 bits per heavy atom. The molecule has 0 aromatic heterocycles. The fourth-order valence-electron chi connectivity index (χ4n) is 8.24. The van der Waals surface area contributed by atoms with Crippen molar-refractivity contribution < 1.29 is 58.2 Å². The summed E-state index contributed by atoms with van der Waals surface area (Å²) >= 11 is 0. The molecule has 0 bridgehead atoms. The number of carboxylic acid groups (broad SMARTS) is 1. The molecule has 73 heavy (non-hydrogen) atoms. The Morgan fingerprint density at radius 2 is 0.849 bits per heavy atom. The molecule has 418 valence electrons. The van der Waals surface area contributed by atoms with Gasteiger partial charge in [-0.2, -0.15) is 0 Å². The first-order valence-corrected chi connectivity index (χ1v) is 28.9. The van der Waals surface area contributed by atoms with Crippen LogP contribution < -0.4 is 0 Å². The summed E-state index contributed by atoms with van der Waals surface area (Å²) in [7, 11) is 0. The number of unbranched alkanes of at least 4 members (excludes halogenated alkanes) is 22. The average Bonchev–Trinajstić information content (AvgIpc) is 3.37. The van der Waals surface area contributed by atoms with E-state index in [-0.39, 0.29) is 25.9 Å². The van der Waals surface area contributed by atoms with Crippen LogP contribution in [0.2, 0.25) is 0 Å². The van der Waals surface area contributed by atoms with Crippen LogP contribution in [0.15, 0.2) is 72.9 Å². The Hall–Kier alpha value is -3.84. The van der Waals surface area contributed by atoms with Gasteiger partial charge in [0.05, 0.1) is 6.61 Å². The summed E-state index contributed by atoms with van der Waals surface area (Å²) < 4.78 is 28.4. The van der Waals surface area contributed by atoms with E-state index in [9.17, 15) is 34.5 Å². The van der Waals surface area contributed by atoms with Crippen LogP contribution in [0.4, 0.5) is 0 Å². The van der Waals surface area contributed by atoms with E-state index in [1.807, 2.05) is 0 Å². The van der Waals surface area contributed by atoms with Crippen molar-refractivity contribution in [3.8, 4) is 0 Å². The number of carbonyl (C=O) groups excluding carboxylic acids is 3. The molecule has 3 N–H and O–H groups in total. The largest absolute Gasteiger partial charge is 0.479 e. The third-order valence-electron chi connectivity index (χ3n) is 12.7. The molecule has 0 amide bonds. The fraction of sp³-hybridized carbons (Fsp3) is 0.738. The van der Waals surface area contributed by atoms with Crippen LogP contribution in [0.3, 0.4) is 0 Å². The van der Waals surface area contributed by atoms with Crippen molar-refractivity contribution >= 4 is 23.9 Å². The molecular weight excluding hydrogens is 925 g/mol. The quantitative estimate of drug-likeness (QED) is 0.0228. The summed E-state index contributed by atoms with van der Waals surface area (Å²) in [5, 5.41) is 31.4. The summed E-state index contributed by atoms with van der Waals surface area (Å²) in [6.07, 6.45) is 48.7. The van der Waals surface area contributed by atoms with Crippen LogP contribution in [-0.4, -0.2) is 89.2 Å². The Morgan fingerprint density at radius 3 is 1.29 bits per heavy atom. The van der Waals surface area contributed by atoms with Gasteiger partial charge in [0.2, 0.25) is 0 Å². The standard InChI is InChI=1S/C61H102O12/c1-4-7-10-13-16-19-22-25-26-27-28-31-32-35-38-41-44-47-53(62)69-50-52(71-54(63)48-45-42-39-36-33-29-23-20-17-14-11-8-5-2)51-70-61-59(57(66)56(65)58(73-61)60(67)68)72-55(64)49-46-43-40-37-34-30-24-21-18-15-12-9-6-3/h11-12,14-16,19-21,23-26,52,56-59,61,65-66H,4-10,13,17-18,22,27-51H2,1-3H3,(H,67,68)/b14-11-,15-12-,19-16-,23-20-,24-21-,26-25-. The topological polar surface area (TPSA) is 175 Å². The molecule has 12 heteroatoms. The van der Waals surface area contributed by atoms with Gasteiger partial charge in [-0.05, 0) is 103 Å². The smallest absolute Gasteiger partial charge is 0.335 e. The number of carboxylic acids is 1. The Kier molecular flexibility index (Phi) is 45.1. The highest BCUT2D eigenvalue weighted by molar-refractivity contribution is 5.74. The molecule has 6 unspecified atom stereocenters. The number of ether oxygens (including phenoxy) is 5. The van der Waals surface area contributed by atoms with E-state index in [0.29, 0.717) is 19.3 Å². The van der Waals surface area contributed by atoms with Crippen molar-refractivity contribution in [3.63, 3.8) is 0 Å². The van der Waals surface area contributed by atoms with Gasteiger partial charge in [-0.3, -0.25) is 14.4 Å². The van der Waals surface area contributed by atoms with Crippen molar-refractivity contribution in [3.05, 3.63) is 72.9 Å². The summed E-state index contributed by atoms with van der Waals surface area (Å²) in [6, 6.07) is 0. The number of carbonyl (C=O) groups is 4. The Bertz CT molecular complexity index is 1550. The zero-order chi connectivity index (χ0) is 53.3. The zero-order valence-electron chi connectivity index (χ0n) is 45.9. The maximum Gasteiger partial charge on any atom is 0.335 e. The van der Waals surface area contributed by atoms with Crippen molar-refractivity contribution in [1.82, 2.24) is 0 Å².